The van der Waals surface area contributed by atoms with Gasteiger partial charge in [-0.3, -0.25) is 4.90 Å². The number of nitrogens with one attached hydrogen (secondary N) is 1. The molecule has 0 bridgehead atoms. The van der Waals surface area contributed by atoms with E-state index in [1.54, 1.807) is 0 Å². The van der Waals surface area contributed by atoms with Crippen LogP contribution in [0.3, 0.4) is 0 Å². The molecule has 0 aromatic carbocycles. The molecule has 3 rings (SSSR count). The molecule has 1 aromatic heterocycles. The number of fused-ring (bicyclic) bond motifs is 1. The van der Waals surface area contributed by atoms with Crippen LogP contribution in [0.5, 0.6) is 0 Å². The molecule has 1 N–H and O–H groups in total. The zero-order valence-corrected chi connectivity index (χ0v) is 12.6. The van der Waals surface area contributed by atoms with E-state index in [0.29, 0.717) is 6.04 Å². The second-order valence-electron chi connectivity index (χ2n) is 6.42. The van der Waals surface area contributed by atoms with Gasteiger partial charge in [-0.1, -0.05) is 0 Å². The first kappa shape index (κ1) is 14.0. The Kier molecular flexibility index (Phi) is 3.58. The molecule has 110 valence electrons. The SMILES string of the molecule is CC1(C)C[C@H](Nc2nc(Cl)ncc2F)CC2CCCN21. The summed E-state index contributed by atoms with van der Waals surface area (Å²) >= 11 is 5.74. The molecular weight excluding hydrogens is 279 g/mol. The van der Waals surface area contributed by atoms with E-state index in [1.807, 2.05) is 0 Å². The molecule has 6 heteroatoms. The van der Waals surface area contributed by atoms with Crippen molar-refractivity contribution in [2.24, 2.45) is 0 Å². The lowest BCUT2D eigenvalue weighted by molar-refractivity contribution is 0.0500. The lowest BCUT2D eigenvalue weighted by Gasteiger charge is -2.47. The summed E-state index contributed by atoms with van der Waals surface area (Å²) in [6, 6.07) is 0.821. The summed E-state index contributed by atoms with van der Waals surface area (Å²) in [5, 5.41) is 3.30. The van der Waals surface area contributed by atoms with Gasteiger partial charge < -0.3 is 5.32 Å². The van der Waals surface area contributed by atoms with Gasteiger partial charge in [0.2, 0.25) is 5.28 Å². The standard InChI is InChI=1S/C14H20ClFN4/c1-14(2)7-9(6-10-4-3-5-20(10)14)18-12-11(16)8-17-13(15)19-12/h8-10H,3-7H2,1-2H3,(H,17,18,19)/t9-,10?/m1/s1. The van der Waals surface area contributed by atoms with Crippen molar-refractivity contribution in [2.75, 3.05) is 11.9 Å². The molecule has 0 radical (unpaired) electrons. The maximum absolute atomic E-state index is 13.7. The molecule has 1 unspecified atom stereocenters. The molecule has 0 spiro atoms. The van der Waals surface area contributed by atoms with Crippen molar-refractivity contribution in [3.63, 3.8) is 0 Å². The molecule has 4 nitrogen and oxygen atoms in total. The maximum Gasteiger partial charge on any atom is 0.224 e. The van der Waals surface area contributed by atoms with E-state index in [-0.39, 0.29) is 22.7 Å². The van der Waals surface area contributed by atoms with E-state index >= 15 is 0 Å². The smallest absolute Gasteiger partial charge is 0.224 e. The van der Waals surface area contributed by atoms with Gasteiger partial charge in [-0.15, -0.1) is 0 Å². The fraction of sp³-hybridized carbons (Fsp3) is 0.714. The highest BCUT2D eigenvalue weighted by molar-refractivity contribution is 6.28. The van der Waals surface area contributed by atoms with Crippen LogP contribution < -0.4 is 5.32 Å². The Bertz CT molecular complexity index is 508. The van der Waals surface area contributed by atoms with E-state index < -0.39 is 5.82 Å². The van der Waals surface area contributed by atoms with Crippen molar-refractivity contribution in [1.82, 2.24) is 14.9 Å². The third kappa shape index (κ3) is 2.61. The highest BCUT2D eigenvalue weighted by Gasteiger charge is 2.42. The van der Waals surface area contributed by atoms with E-state index in [9.17, 15) is 4.39 Å². The summed E-state index contributed by atoms with van der Waals surface area (Å²) in [6.07, 6.45) is 5.62. The predicted octanol–water partition coefficient (Wildman–Crippen LogP) is 3.09. The molecule has 2 fully saturated rings. The second-order valence-corrected chi connectivity index (χ2v) is 6.76. The third-order valence-corrected chi connectivity index (χ3v) is 4.69. The summed E-state index contributed by atoms with van der Waals surface area (Å²) in [6.45, 7) is 5.71. The number of anilines is 1. The second kappa shape index (κ2) is 5.11. The van der Waals surface area contributed by atoms with Crippen LogP contribution >= 0.6 is 11.6 Å². The Morgan fingerprint density at radius 3 is 3.10 bits per heavy atom. The van der Waals surface area contributed by atoms with Crippen LogP contribution in [0.15, 0.2) is 6.20 Å². The first-order valence-electron chi connectivity index (χ1n) is 7.17. The van der Waals surface area contributed by atoms with Crippen molar-refractivity contribution >= 4 is 17.4 Å². The Labute approximate surface area is 123 Å². The number of hydrogen-bond donors (Lipinski definition) is 1. The third-order valence-electron chi connectivity index (χ3n) is 4.51. The van der Waals surface area contributed by atoms with Gasteiger partial charge in [0.05, 0.1) is 6.20 Å². The molecular formula is C14H20ClFN4. The maximum atomic E-state index is 13.7. The predicted molar refractivity (Wildman–Crippen MR) is 77.5 cm³/mol. The molecule has 3 heterocycles. The van der Waals surface area contributed by atoms with Crippen molar-refractivity contribution in [1.29, 1.82) is 0 Å². The quantitative estimate of drug-likeness (QED) is 0.852. The first-order valence-corrected chi connectivity index (χ1v) is 7.55. The van der Waals surface area contributed by atoms with Gasteiger partial charge in [-0.05, 0) is 57.7 Å². The Balaban J connectivity index is 1.76. The van der Waals surface area contributed by atoms with Crippen LogP contribution in [0.4, 0.5) is 10.2 Å². The van der Waals surface area contributed by atoms with Gasteiger partial charge in [-0.2, -0.15) is 4.98 Å². The number of hydrogen-bond acceptors (Lipinski definition) is 4. The number of rotatable bonds is 2. The van der Waals surface area contributed by atoms with Crippen molar-refractivity contribution < 1.29 is 4.39 Å². The molecule has 0 amide bonds. The molecule has 0 aliphatic carbocycles. The van der Waals surface area contributed by atoms with Gasteiger partial charge in [0.1, 0.15) is 0 Å². The molecule has 1 aromatic rings. The highest BCUT2D eigenvalue weighted by atomic mass is 35.5. The molecule has 0 saturated carbocycles. The minimum atomic E-state index is -0.443. The summed E-state index contributed by atoms with van der Waals surface area (Å²) < 4.78 is 13.7. The van der Waals surface area contributed by atoms with Crippen molar-refractivity contribution in [2.45, 2.75) is 57.2 Å². The summed E-state index contributed by atoms with van der Waals surface area (Å²) in [5.41, 5.74) is 0.143. The number of piperidine rings is 1. The molecule has 20 heavy (non-hydrogen) atoms. The summed E-state index contributed by atoms with van der Waals surface area (Å²) in [7, 11) is 0. The molecule has 2 atom stereocenters. The average Bonchev–Trinajstić information content (AvgIpc) is 2.82. The Morgan fingerprint density at radius 2 is 2.30 bits per heavy atom. The monoisotopic (exact) mass is 298 g/mol. The first-order chi connectivity index (χ1) is 9.45. The number of halogens is 2. The lowest BCUT2D eigenvalue weighted by Crippen LogP contribution is -2.55. The summed E-state index contributed by atoms with van der Waals surface area (Å²) in [5.74, 6) is -0.224. The van der Waals surface area contributed by atoms with Gasteiger partial charge in [0.25, 0.3) is 0 Å². The van der Waals surface area contributed by atoms with Crippen LogP contribution in [0, 0.1) is 5.82 Å². The van der Waals surface area contributed by atoms with Crippen LogP contribution in [-0.2, 0) is 0 Å². The highest BCUT2D eigenvalue weighted by Crippen LogP contribution is 2.38. The fourth-order valence-electron chi connectivity index (χ4n) is 3.76. The topological polar surface area (TPSA) is 41.1 Å². The number of nitrogens with zero attached hydrogens (tertiary/aromatic N) is 3. The van der Waals surface area contributed by atoms with Crippen molar-refractivity contribution in [3.8, 4) is 0 Å². The van der Waals surface area contributed by atoms with E-state index in [4.69, 9.17) is 11.6 Å². The number of aromatic nitrogens is 2. The molecule has 2 aliphatic rings. The molecule has 2 aliphatic heterocycles. The van der Waals surface area contributed by atoms with E-state index in [0.717, 1.165) is 19.0 Å². The zero-order valence-electron chi connectivity index (χ0n) is 11.9. The minimum absolute atomic E-state index is 0.0754. The van der Waals surface area contributed by atoms with Crippen LogP contribution in [0.2, 0.25) is 5.28 Å². The summed E-state index contributed by atoms with van der Waals surface area (Å²) in [4.78, 5) is 10.2. The van der Waals surface area contributed by atoms with Gasteiger partial charge >= 0.3 is 0 Å². The van der Waals surface area contributed by atoms with E-state index in [2.05, 4.69) is 34.0 Å². The Hall–Kier alpha value is -0.940. The normalized spacial score (nSPS) is 29.2. The largest absolute Gasteiger partial charge is 0.365 e. The van der Waals surface area contributed by atoms with Crippen LogP contribution in [0.1, 0.15) is 39.5 Å². The van der Waals surface area contributed by atoms with Crippen molar-refractivity contribution in [3.05, 3.63) is 17.3 Å². The van der Waals surface area contributed by atoms with E-state index in [1.165, 1.54) is 19.4 Å². The average molecular weight is 299 g/mol. The van der Waals surface area contributed by atoms with Gasteiger partial charge in [0, 0.05) is 17.6 Å². The van der Waals surface area contributed by atoms with Crippen LogP contribution in [-0.4, -0.2) is 39.0 Å². The fourth-order valence-corrected chi connectivity index (χ4v) is 3.89. The van der Waals surface area contributed by atoms with Crippen LogP contribution in [0.25, 0.3) is 0 Å². The van der Waals surface area contributed by atoms with Gasteiger partial charge in [0.15, 0.2) is 11.6 Å². The van der Waals surface area contributed by atoms with Gasteiger partial charge in [-0.25, -0.2) is 9.37 Å². The molecule has 2 saturated heterocycles. The Morgan fingerprint density at radius 1 is 1.50 bits per heavy atom. The zero-order chi connectivity index (χ0) is 14.3. The minimum Gasteiger partial charge on any atom is -0.365 e. The lowest BCUT2D eigenvalue weighted by atomic mass is 9.84.